The maximum absolute atomic E-state index is 6.01. The van der Waals surface area contributed by atoms with Crippen LogP contribution in [0.25, 0.3) is 11.6 Å². The van der Waals surface area contributed by atoms with Crippen LogP contribution in [0.15, 0.2) is 27.3 Å². The van der Waals surface area contributed by atoms with E-state index in [9.17, 15) is 0 Å². The zero-order valence-corrected chi connectivity index (χ0v) is 9.20. The third-order valence-electron chi connectivity index (χ3n) is 2.91. The van der Waals surface area contributed by atoms with E-state index in [1.54, 1.807) is 18.4 Å². The summed E-state index contributed by atoms with van der Waals surface area (Å²) in [6, 6.07) is 3.57. The minimum atomic E-state index is -0.0278. The first-order valence-electron chi connectivity index (χ1n) is 5.55. The molecule has 3 heterocycles. The second-order valence-electron chi connectivity index (χ2n) is 4.07. The Bertz CT molecular complexity index is 480. The number of rotatable bonds is 2. The van der Waals surface area contributed by atoms with Crippen molar-refractivity contribution in [2.45, 2.75) is 18.4 Å². The Morgan fingerprint density at radius 1 is 1.41 bits per heavy atom. The van der Waals surface area contributed by atoms with Crippen molar-refractivity contribution in [3.8, 4) is 11.6 Å². The van der Waals surface area contributed by atoms with E-state index in [1.165, 1.54) is 0 Å². The largest absolute Gasteiger partial charge is 0.461 e. The first kappa shape index (κ1) is 10.5. The molecule has 3 rings (SSSR count). The van der Waals surface area contributed by atoms with E-state index in [4.69, 9.17) is 19.4 Å². The number of aromatic nitrogens is 2. The molecule has 0 aliphatic carbocycles. The van der Waals surface area contributed by atoms with Gasteiger partial charge in [0.2, 0.25) is 11.7 Å². The molecule has 2 unspecified atom stereocenters. The van der Waals surface area contributed by atoms with Gasteiger partial charge < -0.3 is 19.4 Å². The lowest BCUT2D eigenvalue weighted by Crippen LogP contribution is -2.37. The van der Waals surface area contributed by atoms with Crippen molar-refractivity contribution in [2.75, 3.05) is 13.2 Å². The van der Waals surface area contributed by atoms with E-state index in [2.05, 4.69) is 10.1 Å². The maximum atomic E-state index is 6.01. The molecule has 2 N–H and O–H groups in total. The van der Waals surface area contributed by atoms with E-state index in [1.807, 2.05) is 0 Å². The quantitative estimate of drug-likeness (QED) is 0.840. The van der Waals surface area contributed by atoms with Gasteiger partial charge in [-0.3, -0.25) is 0 Å². The Balaban J connectivity index is 1.84. The fraction of sp³-hybridized carbons (Fsp3) is 0.455. The highest BCUT2D eigenvalue weighted by atomic mass is 16.5. The predicted octanol–water partition coefficient (Wildman–Crippen LogP) is 1.16. The van der Waals surface area contributed by atoms with Gasteiger partial charge in [-0.1, -0.05) is 5.16 Å². The third kappa shape index (κ3) is 1.96. The lowest BCUT2D eigenvalue weighted by molar-refractivity contribution is 0.0590. The molecule has 6 heteroatoms. The van der Waals surface area contributed by atoms with Crippen molar-refractivity contribution in [3.05, 3.63) is 24.3 Å². The number of ether oxygens (including phenoxy) is 1. The molecule has 2 aromatic heterocycles. The summed E-state index contributed by atoms with van der Waals surface area (Å²) in [7, 11) is 0. The molecule has 1 fully saturated rings. The number of nitrogens with two attached hydrogens (primary N) is 1. The molecule has 0 spiro atoms. The van der Waals surface area contributed by atoms with Crippen LogP contribution in [-0.2, 0) is 4.74 Å². The molecule has 2 atom stereocenters. The van der Waals surface area contributed by atoms with Crippen LogP contribution in [0.2, 0.25) is 0 Å². The standard InChI is InChI=1S/C11H13N3O3/c12-8-3-5-15-6-7(8)11-13-10(14-17-11)9-2-1-4-16-9/h1-2,4,7-8H,3,5-6,12H2. The molecule has 17 heavy (non-hydrogen) atoms. The van der Waals surface area contributed by atoms with Crippen LogP contribution in [0.5, 0.6) is 0 Å². The first-order chi connectivity index (χ1) is 8.34. The van der Waals surface area contributed by atoms with Crippen molar-refractivity contribution >= 4 is 0 Å². The van der Waals surface area contributed by atoms with Gasteiger partial charge in [0, 0.05) is 12.6 Å². The molecule has 1 aliphatic heterocycles. The molecule has 6 nitrogen and oxygen atoms in total. The Kier molecular flexibility index (Phi) is 2.66. The summed E-state index contributed by atoms with van der Waals surface area (Å²) >= 11 is 0. The van der Waals surface area contributed by atoms with Gasteiger partial charge in [-0.05, 0) is 18.6 Å². The lowest BCUT2D eigenvalue weighted by Gasteiger charge is -2.25. The smallest absolute Gasteiger partial charge is 0.238 e. The van der Waals surface area contributed by atoms with Crippen LogP contribution in [-0.4, -0.2) is 29.4 Å². The molecule has 0 aromatic carbocycles. The monoisotopic (exact) mass is 235 g/mol. The van der Waals surface area contributed by atoms with Gasteiger partial charge in [0.25, 0.3) is 0 Å². The van der Waals surface area contributed by atoms with Crippen molar-refractivity contribution in [3.63, 3.8) is 0 Å². The maximum Gasteiger partial charge on any atom is 0.238 e. The number of hydrogen-bond acceptors (Lipinski definition) is 6. The molecule has 90 valence electrons. The Morgan fingerprint density at radius 2 is 2.35 bits per heavy atom. The molecule has 0 bridgehead atoms. The van der Waals surface area contributed by atoms with Gasteiger partial charge in [-0.15, -0.1) is 0 Å². The Labute approximate surface area is 97.7 Å². The first-order valence-corrected chi connectivity index (χ1v) is 5.55. The van der Waals surface area contributed by atoms with Gasteiger partial charge in [-0.25, -0.2) is 0 Å². The molecule has 0 radical (unpaired) electrons. The van der Waals surface area contributed by atoms with Crippen LogP contribution < -0.4 is 5.73 Å². The van der Waals surface area contributed by atoms with E-state index in [0.717, 1.165) is 6.42 Å². The van der Waals surface area contributed by atoms with Gasteiger partial charge in [0.15, 0.2) is 5.76 Å². The van der Waals surface area contributed by atoms with Crippen LogP contribution >= 0.6 is 0 Å². The van der Waals surface area contributed by atoms with Gasteiger partial charge in [0.1, 0.15) is 0 Å². The fourth-order valence-electron chi connectivity index (χ4n) is 1.90. The van der Waals surface area contributed by atoms with Crippen LogP contribution in [0.1, 0.15) is 18.2 Å². The summed E-state index contributed by atoms with van der Waals surface area (Å²) in [6.45, 7) is 1.22. The van der Waals surface area contributed by atoms with Crippen molar-refractivity contribution in [1.82, 2.24) is 10.1 Å². The highest BCUT2D eigenvalue weighted by molar-refractivity contribution is 5.44. The number of furan rings is 1. The SMILES string of the molecule is NC1CCOCC1c1nc(-c2ccco2)no1. The van der Waals surface area contributed by atoms with E-state index in [-0.39, 0.29) is 12.0 Å². The minimum Gasteiger partial charge on any atom is -0.461 e. The van der Waals surface area contributed by atoms with Crippen molar-refractivity contribution in [1.29, 1.82) is 0 Å². The topological polar surface area (TPSA) is 87.3 Å². The molecule has 1 aliphatic rings. The fourth-order valence-corrected chi connectivity index (χ4v) is 1.90. The molecule has 1 saturated heterocycles. The third-order valence-corrected chi connectivity index (χ3v) is 2.91. The Morgan fingerprint density at radius 3 is 3.12 bits per heavy atom. The molecular formula is C11H13N3O3. The lowest BCUT2D eigenvalue weighted by atomic mass is 9.97. The second-order valence-corrected chi connectivity index (χ2v) is 4.07. The van der Waals surface area contributed by atoms with Crippen LogP contribution in [0, 0.1) is 0 Å². The zero-order chi connectivity index (χ0) is 11.7. The molecular weight excluding hydrogens is 222 g/mol. The average molecular weight is 235 g/mol. The molecule has 2 aromatic rings. The van der Waals surface area contributed by atoms with Gasteiger partial charge >= 0.3 is 0 Å². The summed E-state index contributed by atoms with van der Waals surface area (Å²) in [4.78, 5) is 4.30. The summed E-state index contributed by atoms with van der Waals surface area (Å²) in [5.41, 5.74) is 6.01. The van der Waals surface area contributed by atoms with Crippen LogP contribution in [0.4, 0.5) is 0 Å². The van der Waals surface area contributed by atoms with E-state index >= 15 is 0 Å². The molecule has 0 amide bonds. The summed E-state index contributed by atoms with van der Waals surface area (Å²) < 4.78 is 15.8. The second kappa shape index (κ2) is 4.31. The predicted molar refractivity (Wildman–Crippen MR) is 58.2 cm³/mol. The van der Waals surface area contributed by atoms with Gasteiger partial charge in [0.05, 0.1) is 18.8 Å². The average Bonchev–Trinajstić information content (AvgIpc) is 3.00. The van der Waals surface area contributed by atoms with E-state index < -0.39 is 0 Å². The normalized spacial score (nSPS) is 25.0. The minimum absolute atomic E-state index is 0.00801. The molecule has 0 saturated carbocycles. The highest BCUT2D eigenvalue weighted by Gasteiger charge is 2.29. The van der Waals surface area contributed by atoms with Crippen molar-refractivity contribution < 1.29 is 13.7 Å². The number of nitrogens with zero attached hydrogens (tertiary/aromatic N) is 2. The summed E-state index contributed by atoms with van der Waals surface area (Å²) in [6.07, 6.45) is 2.38. The highest BCUT2D eigenvalue weighted by Crippen LogP contribution is 2.25. The summed E-state index contributed by atoms with van der Waals surface area (Å²) in [5, 5.41) is 3.88. The van der Waals surface area contributed by atoms with Crippen LogP contribution in [0.3, 0.4) is 0 Å². The van der Waals surface area contributed by atoms with Crippen molar-refractivity contribution in [2.24, 2.45) is 5.73 Å². The zero-order valence-electron chi connectivity index (χ0n) is 9.20. The van der Waals surface area contributed by atoms with Gasteiger partial charge in [-0.2, -0.15) is 4.98 Å². The van der Waals surface area contributed by atoms with E-state index in [0.29, 0.717) is 30.7 Å². The summed E-state index contributed by atoms with van der Waals surface area (Å²) in [5.74, 6) is 1.52. The number of hydrogen-bond donors (Lipinski definition) is 1. The Hall–Kier alpha value is -1.66.